The minimum absolute atomic E-state index is 1.62. The SMILES string of the molecule is O=S(=O)(F)OC(F)(C(F)(F)F)C(F)(F)C(F)(F)F. The second-order valence-electron chi connectivity index (χ2n) is 2.64. The molecule has 0 rings (SSSR count). The first kappa shape index (κ1) is 17.2. The van der Waals surface area contributed by atoms with Gasteiger partial charge < -0.3 is 0 Å². The molecule has 0 spiro atoms. The second-order valence-corrected chi connectivity index (χ2v) is 3.59. The summed E-state index contributed by atoms with van der Waals surface area (Å²) in [6.45, 7) is 0. The molecule has 0 aliphatic rings. The largest absolute Gasteiger partial charge is 0.459 e. The fourth-order valence-corrected chi connectivity index (χ4v) is 1.07. The van der Waals surface area contributed by atoms with Gasteiger partial charge in [-0.3, -0.25) is 0 Å². The third-order valence-electron chi connectivity index (χ3n) is 1.34. The predicted molar refractivity (Wildman–Crippen MR) is 32.0 cm³/mol. The lowest BCUT2D eigenvalue weighted by atomic mass is 10.1. The number of hydrogen-bond donors (Lipinski definition) is 0. The van der Waals surface area contributed by atoms with E-state index in [1.165, 1.54) is 0 Å². The zero-order valence-electron chi connectivity index (χ0n) is 7.41. The molecule has 110 valence electrons. The molecule has 0 aliphatic carbocycles. The molecular formula is C4F10O3S. The van der Waals surface area contributed by atoms with Crippen LogP contribution >= 0.6 is 0 Å². The maximum absolute atomic E-state index is 12.6. The van der Waals surface area contributed by atoms with Crippen molar-refractivity contribution in [2.24, 2.45) is 0 Å². The monoisotopic (exact) mass is 318 g/mol. The van der Waals surface area contributed by atoms with Gasteiger partial charge in [-0.1, -0.05) is 3.89 Å². The summed E-state index contributed by atoms with van der Waals surface area (Å²) in [5.41, 5.74) is 0. The molecule has 0 N–H and O–H groups in total. The van der Waals surface area contributed by atoms with Gasteiger partial charge in [0.25, 0.3) is 0 Å². The van der Waals surface area contributed by atoms with Gasteiger partial charge in [0.2, 0.25) is 0 Å². The van der Waals surface area contributed by atoms with E-state index in [4.69, 9.17) is 0 Å². The van der Waals surface area contributed by atoms with Crippen molar-refractivity contribution in [2.75, 3.05) is 0 Å². The van der Waals surface area contributed by atoms with Gasteiger partial charge in [0.1, 0.15) is 0 Å². The van der Waals surface area contributed by atoms with Crippen molar-refractivity contribution < 1.29 is 56.0 Å². The van der Waals surface area contributed by atoms with E-state index >= 15 is 0 Å². The van der Waals surface area contributed by atoms with Crippen molar-refractivity contribution in [2.45, 2.75) is 24.1 Å². The Morgan fingerprint density at radius 3 is 1.22 bits per heavy atom. The average Bonchev–Trinajstić information content (AvgIpc) is 1.95. The van der Waals surface area contributed by atoms with E-state index in [-0.39, 0.29) is 0 Å². The summed E-state index contributed by atoms with van der Waals surface area (Å²) in [4.78, 5) is 0. The third kappa shape index (κ3) is 2.96. The number of hydrogen-bond acceptors (Lipinski definition) is 3. The Kier molecular flexibility index (Phi) is 3.93. The highest BCUT2D eigenvalue weighted by Crippen LogP contribution is 2.53. The number of rotatable bonds is 3. The molecular weight excluding hydrogens is 318 g/mol. The Morgan fingerprint density at radius 1 is 0.722 bits per heavy atom. The van der Waals surface area contributed by atoms with Gasteiger partial charge in [0.15, 0.2) is 0 Å². The minimum atomic E-state index is -7.35. The summed E-state index contributed by atoms with van der Waals surface area (Å²) >= 11 is 0. The van der Waals surface area contributed by atoms with Gasteiger partial charge in [-0.25, -0.2) is 0 Å². The van der Waals surface area contributed by atoms with Crippen LogP contribution in [0, 0.1) is 0 Å². The summed E-state index contributed by atoms with van der Waals surface area (Å²) in [5.74, 6) is -14.5. The molecule has 0 heterocycles. The Morgan fingerprint density at radius 2 is 1.06 bits per heavy atom. The van der Waals surface area contributed by atoms with Gasteiger partial charge >= 0.3 is 34.6 Å². The minimum Gasteiger partial charge on any atom is -0.193 e. The predicted octanol–water partition coefficient (Wildman–Crippen LogP) is 2.64. The summed E-state index contributed by atoms with van der Waals surface area (Å²) in [7, 11) is -7.08. The van der Waals surface area contributed by atoms with Crippen LogP contribution in [0.15, 0.2) is 0 Å². The van der Waals surface area contributed by atoms with Gasteiger partial charge in [0, 0.05) is 0 Å². The highest BCUT2D eigenvalue weighted by atomic mass is 32.3. The van der Waals surface area contributed by atoms with Crippen LogP contribution in [-0.2, 0) is 14.7 Å². The second kappa shape index (κ2) is 4.11. The molecule has 0 fully saturated rings. The Hall–Kier alpha value is -0.790. The van der Waals surface area contributed by atoms with Crippen LogP contribution in [0.4, 0.5) is 43.4 Å². The molecule has 3 nitrogen and oxygen atoms in total. The molecule has 0 amide bonds. The zero-order valence-corrected chi connectivity index (χ0v) is 8.23. The van der Waals surface area contributed by atoms with Crippen molar-refractivity contribution >= 4 is 10.5 Å². The first-order valence-corrected chi connectivity index (χ1v) is 4.62. The lowest BCUT2D eigenvalue weighted by Crippen LogP contribution is -2.63. The zero-order chi connectivity index (χ0) is 15.2. The van der Waals surface area contributed by atoms with E-state index in [0.717, 1.165) is 0 Å². The fraction of sp³-hybridized carbons (Fsp3) is 1.00. The van der Waals surface area contributed by atoms with Crippen LogP contribution in [0.2, 0.25) is 0 Å². The van der Waals surface area contributed by atoms with Gasteiger partial charge in [-0.2, -0.15) is 52.1 Å². The van der Waals surface area contributed by atoms with Crippen molar-refractivity contribution in [1.82, 2.24) is 0 Å². The number of alkyl halides is 9. The van der Waals surface area contributed by atoms with E-state index in [0.29, 0.717) is 0 Å². The lowest BCUT2D eigenvalue weighted by Gasteiger charge is -2.33. The van der Waals surface area contributed by atoms with Crippen molar-refractivity contribution in [3.05, 3.63) is 0 Å². The maximum Gasteiger partial charge on any atom is 0.459 e. The van der Waals surface area contributed by atoms with Crippen molar-refractivity contribution in [3.8, 4) is 0 Å². The molecule has 14 heteroatoms. The maximum atomic E-state index is 12.6. The van der Waals surface area contributed by atoms with E-state index in [2.05, 4.69) is 0 Å². The van der Waals surface area contributed by atoms with Crippen LogP contribution in [0.3, 0.4) is 0 Å². The smallest absolute Gasteiger partial charge is 0.193 e. The van der Waals surface area contributed by atoms with Crippen LogP contribution in [-0.4, -0.2) is 32.5 Å². The molecule has 0 aliphatic heterocycles. The summed E-state index contributed by atoms with van der Waals surface area (Å²) in [6, 6.07) is 0. The Bertz CT molecular complexity index is 406. The summed E-state index contributed by atoms with van der Waals surface area (Å²) < 4.78 is 139. The first-order chi connectivity index (χ1) is 7.46. The van der Waals surface area contributed by atoms with Crippen LogP contribution in [0.1, 0.15) is 0 Å². The van der Waals surface area contributed by atoms with E-state index in [1.807, 2.05) is 0 Å². The molecule has 0 bridgehead atoms. The third-order valence-corrected chi connectivity index (χ3v) is 1.77. The normalized spacial score (nSPS) is 18.6. The molecule has 0 aromatic rings. The van der Waals surface area contributed by atoms with Crippen LogP contribution in [0.5, 0.6) is 0 Å². The topological polar surface area (TPSA) is 43.4 Å². The van der Waals surface area contributed by atoms with E-state index < -0.39 is 34.6 Å². The molecule has 0 saturated carbocycles. The average molecular weight is 318 g/mol. The standard InChI is InChI=1S/C4F10O3S/c5-1(6,3(8,9)10)2(7,4(11,12)13)17-18(14,15)16. The highest BCUT2D eigenvalue weighted by Gasteiger charge is 2.84. The van der Waals surface area contributed by atoms with Gasteiger partial charge in [-0.15, -0.1) is 0 Å². The van der Waals surface area contributed by atoms with Crippen molar-refractivity contribution in [1.29, 1.82) is 0 Å². The molecule has 0 saturated heterocycles. The molecule has 1 unspecified atom stereocenters. The molecule has 0 aromatic carbocycles. The Balaban J connectivity index is 5.96. The summed E-state index contributed by atoms with van der Waals surface area (Å²) in [5, 5.41) is 0. The van der Waals surface area contributed by atoms with E-state index in [1.54, 1.807) is 4.18 Å². The molecule has 1 atom stereocenters. The van der Waals surface area contributed by atoms with Gasteiger partial charge in [0.05, 0.1) is 0 Å². The van der Waals surface area contributed by atoms with Crippen molar-refractivity contribution in [3.63, 3.8) is 0 Å². The first-order valence-electron chi connectivity index (χ1n) is 3.31. The molecule has 18 heavy (non-hydrogen) atoms. The summed E-state index contributed by atoms with van der Waals surface area (Å²) in [6.07, 6.45) is -14.4. The molecule has 0 radical (unpaired) electrons. The number of halogens is 10. The Labute approximate surface area is 91.7 Å². The fourth-order valence-electron chi connectivity index (χ4n) is 0.597. The van der Waals surface area contributed by atoms with Crippen LogP contribution < -0.4 is 0 Å². The van der Waals surface area contributed by atoms with E-state index in [9.17, 15) is 51.8 Å². The highest BCUT2D eigenvalue weighted by molar-refractivity contribution is 7.81. The van der Waals surface area contributed by atoms with Gasteiger partial charge in [-0.05, 0) is 0 Å². The quantitative estimate of drug-likeness (QED) is 0.593. The lowest BCUT2D eigenvalue weighted by molar-refractivity contribution is -0.432. The van der Waals surface area contributed by atoms with Crippen LogP contribution in [0.25, 0.3) is 0 Å². The molecule has 0 aromatic heterocycles.